The zero-order valence-electron chi connectivity index (χ0n) is 23.3. The third kappa shape index (κ3) is 8.66. The molecule has 204 valence electrons. The smallest absolute Gasteiger partial charge is 0.318 e. The molecule has 1 fully saturated rings. The average Bonchev–Trinajstić information content (AvgIpc) is 3.28. The first-order chi connectivity index (χ1) is 17.6. The van der Waals surface area contributed by atoms with Crippen LogP contribution in [0.1, 0.15) is 68.2 Å². The van der Waals surface area contributed by atoms with Crippen LogP contribution in [0.25, 0.3) is 0 Å². The molecule has 0 saturated heterocycles. The number of nitrogens with one attached hydrogen (secondary N) is 1. The van der Waals surface area contributed by atoms with Crippen molar-refractivity contribution < 1.29 is 19.1 Å². The lowest BCUT2D eigenvalue weighted by Crippen LogP contribution is -2.55. The first-order valence-electron chi connectivity index (χ1n) is 13.2. The molecule has 1 aliphatic carbocycles. The predicted octanol–water partition coefficient (Wildman–Crippen LogP) is 5.79. The summed E-state index contributed by atoms with van der Waals surface area (Å²) in [5, 5.41) is 3.09. The van der Waals surface area contributed by atoms with Crippen molar-refractivity contribution in [3.63, 3.8) is 0 Å². The van der Waals surface area contributed by atoms with Crippen molar-refractivity contribution in [3.05, 3.63) is 45.6 Å². The number of nitrogens with zero attached hydrogens (tertiary/aromatic N) is 2. The minimum atomic E-state index is -0.366. The third-order valence-electron chi connectivity index (χ3n) is 6.68. The van der Waals surface area contributed by atoms with Gasteiger partial charge in [-0.25, -0.2) is 4.79 Å². The van der Waals surface area contributed by atoms with Crippen molar-refractivity contribution >= 4 is 23.3 Å². The summed E-state index contributed by atoms with van der Waals surface area (Å²) in [6, 6.07) is 9.97. The van der Waals surface area contributed by atoms with Crippen LogP contribution in [-0.4, -0.2) is 60.6 Å². The van der Waals surface area contributed by atoms with Crippen LogP contribution in [0.3, 0.4) is 0 Å². The molecule has 0 unspecified atom stereocenters. The molecule has 1 heterocycles. The van der Waals surface area contributed by atoms with Crippen molar-refractivity contribution in [2.45, 2.75) is 84.3 Å². The number of benzene rings is 1. The van der Waals surface area contributed by atoms with Gasteiger partial charge < -0.3 is 24.6 Å². The number of hydrogen-bond donors (Lipinski definition) is 1. The number of methoxy groups -OCH3 is 2. The molecule has 1 aromatic heterocycles. The van der Waals surface area contributed by atoms with Crippen molar-refractivity contribution in [3.8, 4) is 11.5 Å². The number of rotatable bonds is 10. The Balaban J connectivity index is 1.79. The highest BCUT2D eigenvalue weighted by molar-refractivity contribution is 7.11. The Labute approximate surface area is 226 Å². The summed E-state index contributed by atoms with van der Waals surface area (Å²) in [6.45, 7) is 9.16. The van der Waals surface area contributed by atoms with E-state index in [0.29, 0.717) is 31.0 Å². The van der Waals surface area contributed by atoms with Gasteiger partial charge in [0, 0.05) is 27.9 Å². The molecule has 0 bridgehead atoms. The first-order valence-corrected chi connectivity index (χ1v) is 14.0. The summed E-state index contributed by atoms with van der Waals surface area (Å²) >= 11 is 1.70. The molecule has 0 aliphatic heterocycles. The van der Waals surface area contributed by atoms with Gasteiger partial charge in [0.1, 0.15) is 6.54 Å². The highest BCUT2D eigenvalue weighted by Crippen LogP contribution is 2.28. The largest absolute Gasteiger partial charge is 0.493 e. The lowest BCUT2D eigenvalue weighted by Gasteiger charge is -2.37. The predicted molar refractivity (Wildman–Crippen MR) is 150 cm³/mol. The summed E-state index contributed by atoms with van der Waals surface area (Å²) in [6.07, 6.45) is 5.94. The van der Waals surface area contributed by atoms with E-state index in [1.807, 2.05) is 43.9 Å². The molecule has 1 aliphatic rings. The molecule has 0 atom stereocenters. The Morgan fingerprint density at radius 1 is 1.03 bits per heavy atom. The Kier molecular flexibility index (Phi) is 10.3. The molecule has 2 aromatic rings. The number of hydrogen-bond acceptors (Lipinski definition) is 5. The van der Waals surface area contributed by atoms with Crippen molar-refractivity contribution in [1.82, 2.24) is 15.1 Å². The summed E-state index contributed by atoms with van der Waals surface area (Å²) in [5.41, 5.74) is 0.696. The Hall–Kier alpha value is -2.74. The van der Waals surface area contributed by atoms with Gasteiger partial charge in [0.15, 0.2) is 11.5 Å². The average molecular weight is 530 g/mol. The molecular formula is C29H43N3O4S. The zero-order valence-corrected chi connectivity index (χ0v) is 24.1. The van der Waals surface area contributed by atoms with Gasteiger partial charge in [0.05, 0.1) is 20.8 Å². The minimum absolute atomic E-state index is 0.0267. The van der Waals surface area contributed by atoms with Crippen LogP contribution in [0.15, 0.2) is 30.3 Å². The van der Waals surface area contributed by atoms with Crippen LogP contribution in [0, 0.1) is 6.92 Å². The third-order valence-corrected chi connectivity index (χ3v) is 7.66. The zero-order chi connectivity index (χ0) is 27.0. The Morgan fingerprint density at radius 2 is 1.73 bits per heavy atom. The number of amides is 3. The van der Waals surface area contributed by atoms with Crippen molar-refractivity contribution in [2.75, 3.05) is 27.3 Å². The summed E-state index contributed by atoms with van der Waals surface area (Å²) in [5.74, 6) is 1.33. The van der Waals surface area contributed by atoms with Crippen molar-refractivity contribution in [2.24, 2.45) is 0 Å². The van der Waals surface area contributed by atoms with Gasteiger partial charge in [-0.3, -0.25) is 4.79 Å². The Morgan fingerprint density at radius 3 is 2.32 bits per heavy atom. The summed E-state index contributed by atoms with van der Waals surface area (Å²) in [7, 11) is 3.24. The van der Waals surface area contributed by atoms with Crippen LogP contribution >= 0.6 is 11.3 Å². The second-order valence-electron chi connectivity index (χ2n) is 10.9. The fraction of sp³-hybridized carbons (Fsp3) is 0.586. The van der Waals surface area contributed by atoms with E-state index in [4.69, 9.17) is 9.47 Å². The fourth-order valence-corrected chi connectivity index (χ4v) is 5.65. The van der Waals surface area contributed by atoms with Crippen LogP contribution in [-0.2, 0) is 17.8 Å². The molecule has 7 nitrogen and oxygen atoms in total. The number of thiophene rings is 1. The molecular weight excluding hydrogens is 486 g/mol. The van der Waals surface area contributed by atoms with Crippen LogP contribution in [0.4, 0.5) is 4.79 Å². The van der Waals surface area contributed by atoms with Gasteiger partial charge in [-0.2, -0.15) is 0 Å². The quantitative estimate of drug-likeness (QED) is 0.423. The van der Waals surface area contributed by atoms with Crippen molar-refractivity contribution in [1.29, 1.82) is 0 Å². The maximum atomic E-state index is 13.8. The second kappa shape index (κ2) is 13.2. The van der Waals surface area contributed by atoms with E-state index in [0.717, 1.165) is 36.1 Å². The highest BCUT2D eigenvalue weighted by Gasteiger charge is 2.31. The van der Waals surface area contributed by atoms with Gasteiger partial charge in [-0.05, 0) is 76.8 Å². The van der Waals surface area contributed by atoms with Crippen LogP contribution < -0.4 is 14.8 Å². The molecule has 1 aromatic carbocycles. The van der Waals surface area contributed by atoms with E-state index in [9.17, 15) is 9.59 Å². The number of ether oxygens (including phenoxy) is 2. The van der Waals surface area contributed by atoms with E-state index in [1.54, 1.807) is 30.5 Å². The van der Waals surface area contributed by atoms with E-state index >= 15 is 0 Å². The molecule has 0 spiro atoms. The topological polar surface area (TPSA) is 71.1 Å². The number of carbonyl (C=O) groups is 2. The summed E-state index contributed by atoms with van der Waals surface area (Å²) in [4.78, 5) is 33.1. The maximum absolute atomic E-state index is 13.8. The van der Waals surface area contributed by atoms with E-state index in [2.05, 4.69) is 24.4 Å². The standard InChI is InChI=1S/C29H43N3O4S/c1-21-12-14-24(37-21)19-31(17-16-22-13-15-25(35-5)26(18-22)36-6)27(33)20-32(23-10-8-7-9-11-23)28(34)30-29(2,3)4/h12-15,18,23H,7-11,16-17,19-20H2,1-6H3,(H,30,34). The van der Waals surface area contributed by atoms with Gasteiger partial charge in [-0.1, -0.05) is 25.3 Å². The Bertz CT molecular complexity index is 1040. The lowest BCUT2D eigenvalue weighted by atomic mass is 9.94. The lowest BCUT2D eigenvalue weighted by molar-refractivity contribution is -0.133. The van der Waals surface area contributed by atoms with Gasteiger partial charge in [0.2, 0.25) is 5.91 Å². The molecule has 0 radical (unpaired) electrons. The molecule has 8 heteroatoms. The van der Waals surface area contributed by atoms with E-state index in [-0.39, 0.29) is 30.1 Å². The van der Waals surface area contributed by atoms with Gasteiger partial charge >= 0.3 is 6.03 Å². The molecule has 3 rings (SSSR count). The SMILES string of the molecule is COc1ccc(CCN(Cc2ccc(C)s2)C(=O)CN(C(=O)NC(C)(C)C)C2CCCCC2)cc1OC. The molecule has 1 saturated carbocycles. The van der Waals surface area contributed by atoms with E-state index < -0.39 is 0 Å². The first kappa shape index (κ1) is 28.8. The second-order valence-corrected chi connectivity index (χ2v) is 12.2. The molecule has 3 amide bonds. The minimum Gasteiger partial charge on any atom is -0.493 e. The van der Waals surface area contributed by atoms with Gasteiger partial charge in [0.25, 0.3) is 0 Å². The van der Waals surface area contributed by atoms with Crippen LogP contribution in [0.2, 0.25) is 0 Å². The number of carbonyl (C=O) groups excluding carboxylic acids is 2. The molecule has 1 N–H and O–H groups in total. The van der Waals surface area contributed by atoms with Crippen LogP contribution in [0.5, 0.6) is 11.5 Å². The number of urea groups is 1. The monoisotopic (exact) mass is 529 g/mol. The highest BCUT2D eigenvalue weighted by atomic mass is 32.1. The van der Waals surface area contributed by atoms with E-state index in [1.165, 1.54) is 11.3 Å². The fourth-order valence-electron chi connectivity index (χ4n) is 4.75. The summed E-state index contributed by atoms with van der Waals surface area (Å²) < 4.78 is 10.8. The maximum Gasteiger partial charge on any atom is 0.318 e. The van der Waals surface area contributed by atoms with Gasteiger partial charge in [-0.15, -0.1) is 11.3 Å². The number of aryl methyl sites for hydroxylation is 1. The molecule has 37 heavy (non-hydrogen) atoms. The normalized spacial score (nSPS) is 14.2.